The molecule has 0 spiro atoms. The second kappa shape index (κ2) is 5.67. The molecule has 4 rings (SSSR count). The maximum absolute atomic E-state index is 12.6. The second-order valence-electron chi connectivity index (χ2n) is 5.89. The molecule has 1 unspecified atom stereocenters. The van der Waals surface area contributed by atoms with E-state index in [0.29, 0.717) is 10.0 Å². The van der Waals surface area contributed by atoms with Gasteiger partial charge in [0, 0.05) is 23.5 Å². The van der Waals surface area contributed by atoms with Crippen molar-refractivity contribution in [3.8, 4) is 0 Å². The normalized spacial score (nSPS) is 20.5. The SMILES string of the molecule is CN1CCc2c(sc3c2C(=O)NC(c2cccc(Cl)c2Cl)N3)C1. The minimum atomic E-state index is -0.362. The summed E-state index contributed by atoms with van der Waals surface area (Å²) in [5, 5.41) is 8.29. The Morgan fingerprint density at radius 1 is 1.30 bits per heavy atom. The fourth-order valence-electron chi connectivity index (χ4n) is 3.14. The zero-order valence-electron chi connectivity index (χ0n) is 12.5. The van der Waals surface area contributed by atoms with Gasteiger partial charge in [-0.2, -0.15) is 0 Å². The first-order valence-electron chi connectivity index (χ1n) is 7.39. The first-order chi connectivity index (χ1) is 11.0. The van der Waals surface area contributed by atoms with Crippen LogP contribution in [-0.2, 0) is 13.0 Å². The molecular formula is C16H15Cl2N3OS. The number of fused-ring (bicyclic) bond motifs is 3. The Morgan fingerprint density at radius 3 is 2.96 bits per heavy atom. The average molecular weight is 368 g/mol. The first-order valence-corrected chi connectivity index (χ1v) is 8.96. The molecule has 0 saturated carbocycles. The van der Waals surface area contributed by atoms with Crippen molar-refractivity contribution in [2.24, 2.45) is 0 Å². The predicted molar refractivity (Wildman–Crippen MR) is 94.6 cm³/mol. The number of benzene rings is 1. The molecule has 2 aromatic rings. The van der Waals surface area contributed by atoms with Crippen LogP contribution < -0.4 is 10.6 Å². The van der Waals surface area contributed by atoms with Gasteiger partial charge in [-0.1, -0.05) is 35.3 Å². The lowest BCUT2D eigenvalue weighted by atomic mass is 10.0. The number of halogens is 2. The lowest BCUT2D eigenvalue weighted by Gasteiger charge is -2.28. The number of carbonyl (C=O) groups excluding carboxylic acids is 1. The third-order valence-electron chi connectivity index (χ3n) is 4.32. The molecule has 2 aliphatic heterocycles. The van der Waals surface area contributed by atoms with E-state index in [1.165, 1.54) is 10.4 Å². The average Bonchev–Trinajstić information content (AvgIpc) is 2.87. The highest BCUT2D eigenvalue weighted by Gasteiger charge is 2.33. The Labute approximate surface area is 148 Å². The minimum Gasteiger partial charge on any atom is -0.353 e. The van der Waals surface area contributed by atoms with Gasteiger partial charge in [0.15, 0.2) is 0 Å². The van der Waals surface area contributed by atoms with Gasteiger partial charge in [-0.15, -0.1) is 11.3 Å². The summed E-state index contributed by atoms with van der Waals surface area (Å²) in [6.07, 6.45) is 0.550. The van der Waals surface area contributed by atoms with Crippen LogP contribution in [0.1, 0.15) is 32.5 Å². The number of hydrogen-bond acceptors (Lipinski definition) is 4. The van der Waals surface area contributed by atoms with E-state index in [1.54, 1.807) is 17.4 Å². The monoisotopic (exact) mass is 367 g/mol. The lowest BCUT2D eigenvalue weighted by molar-refractivity contribution is 0.0935. The van der Waals surface area contributed by atoms with Crippen molar-refractivity contribution in [3.63, 3.8) is 0 Å². The van der Waals surface area contributed by atoms with Crippen LogP contribution in [0.5, 0.6) is 0 Å². The topological polar surface area (TPSA) is 44.4 Å². The van der Waals surface area contributed by atoms with Gasteiger partial charge in [-0.25, -0.2) is 0 Å². The Morgan fingerprint density at radius 2 is 2.13 bits per heavy atom. The molecule has 4 nitrogen and oxygen atoms in total. The summed E-state index contributed by atoms with van der Waals surface area (Å²) >= 11 is 14.1. The maximum Gasteiger partial charge on any atom is 0.256 e. The molecule has 1 amide bonds. The molecule has 23 heavy (non-hydrogen) atoms. The zero-order valence-corrected chi connectivity index (χ0v) is 14.8. The van der Waals surface area contributed by atoms with E-state index >= 15 is 0 Å². The Bertz CT molecular complexity index is 805. The Balaban J connectivity index is 1.73. The van der Waals surface area contributed by atoms with Crippen LogP contribution in [-0.4, -0.2) is 24.4 Å². The van der Waals surface area contributed by atoms with Crippen LogP contribution in [0.4, 0.5) is 5.00 Å². The van der Waals surface area contributed by atoms with Gasteiger partial charge in [0.05, 0.1) is 15.6 Å². The van der Waals surface area contributed by atoms with Crippen molar-refractivity contribution in [3.05, 3.63) is 49.8 Å². The highest BCUT2D eigenvalue weighted by atomic mass is 35.5. The van der Waals surface area contributed by atoms with Crippen molar-refractivity contribution < 1.29 is 4.79 Å². The molecule has 2 aliphatic rings. The van der Waals surface area contributed by atoms with Crippen molar-refractivity contribution in [1.82, 2.24) is 10.2 Å². The van der Waals surface area contributed by atoms with Gasteiger partial charge in [-0.05, 0) is 25.1 Å². The summed E-state index contributed by atoms with van der Waals surface area (Å²) in [6.45, 7) is 1.87. The molecule has 1 atom stereocenters. The molecule has 0 aliphatic carbocycles. The van der Waals surface area contributed by atoms with Crippen LogP contribution >= 0.6 is 34.5 Å². The quantitative estimate of drug-likeness (QED) is 0.803. The maximum atomic E-state index is 12.6. The Hall–Kier alpha value is -1.27. The molecule has 120 valence electrons. The third kappa shape index (κ3) is 2.52. The van der Waals surface area contributed by atoms with E-state index in [0.717, 1.165) is 35.6 Å². The number of nitrogens with zero attached hydrogens (tertiary/aromatic N) is 1. The summed E-state index contributed by atoms with van der Waals surface area (Å²) < 4.78 is 0. The van der Waals surface area contributed by atoms with Gasteiger partial charge in [0.1, 0.15) is 11.2 Å². The highest BCUT2D eigenvalue weighted by Crippen LogP contribution is 2.41. The summed E-state index contributed by atoms with van der Waals surface area (Å²) in [5.74, 6) is -0.0400. The minimum absolute atomic E-state index is 0.0400. The van der Waals surface area contributed by atoms with Gasteiger partial charge in [0.2, 0.25) is 0 Å². The smallest absolute Gasteiger partial charge is 0.256 e. The van der Waals surface area contributed by atoms with Crippen LogP contribution in [0.15, 0.2) is 18.2 Å². The number of hydrogen-bond donors (Lipinski definition) is 2. The van der Waals surface area contributed by atoms with E-state index in [9.17, 15) is 4.79 Å². The number of rotatable bonds is 1. The molecule has 1 aromatic carbocycles. The molecule has 0 bridgehead atoms. The number of likely N-dealkylation sites (N-methyl/N-ethyl adjacent to an activating group) is 1. The fourth-order valence-corrected chi connectivity index (χ4v) is 4.91. The van der Waals surface area contributed by atoms with Crippen LogP contribution in [0.3, 0.4) is 0 Å². The van der Waals surface area contributed by atoms with E-state index in [-0.39, 0.29) is 12.1 Å². The molecule has 0 fully saturated rings. The lowest BCUT2D eigenvalue weighted by Crippen LogP contribution is -2.38. The molecule has 1 aromatic heterocycles. The molecular weight excluding hydrogens is 353 g/mol. The number of amides is 1. The van der Waals surface area contributed by atoms with Crippen LogP contribution in [0.2, 0.25) is 10.0 Å². The van der Waals surface area contributed by atoms with Gasteiger partial charge >= 0.3 is 0 Å². The summed E-state index contributed by atoms with van der Waals surface area (Å²) in [7, 11) is 2.10. The Kier molecular flexibility index (Phi) is 3.76. The fraction of sp³-hybridized carbons (Fsp3) is 0.312. The molecule has 2 N–H and O–H groups in total. The summed E-state index contributed by atoms with van der Waals surface area (Å²) in [6, 6.07) is 5.45. The van der Waals surface area contributed by atoms with Crippen molar-refractivity contribution in [2.75, 3.05) is 18.9 Å². The van der Waals surface area contributed by atoms with Gasteiger partial charge < -0.3 is 15.5 Å². The van der Waals surface area contributed by atoms with Crippen molar-refractivity contribution in [1.29, 1.82) is 0 Å². The first kappa shape index (κ1) is 15.3. The summed E-state index contributed by atoms with van der Waals surface area (Å²) in [5.41, 5.74) is 2.76. The zero-order chi connectivity index (χ0) is 16.1. The van der Waals surface area contributed by atoms with E-state index in [4.69, 9.17) is 23.2 Å². The third-order valence-corrected chi connectivity index (χ3v) is 6.30. The van der Waals surface area contributed by atoms with E-state index < -0.39 is 0 Å². The number of carbonyl (C=O) groups is 1. The van der Waals surface area contributed by atoms with Gasteiger partial charge in [-0.3, -0.25) is 4.79 Å². The van der Waals surface area contributed by atoms with Crippen LogP contribution in [0, 0.1) is 0 Å². The number of anilines is 1. The predicted octanol–water partition coefficient (Wildman–Crippen LogP) is 3.90. The highest BCUT2D eigenvalue weighted by molar-refractivity contribution is 7.16. The standard InChI is InChI=1S/C16H15Cl2N3OS/c1-21-6-5-8-11(7-21)23-16-12(8)15(22)19-14(20-16)9-3-2-4-10(17)13(9)18/h2-4,14,20H,5-7H2,1H3,(H,19,22). The molecule has 7 heteroatoms. The van der Waals surface area contributed by atoms with Crippen molar-refractivity contribution in [2.45, 2.75) is 19.1 Å². The van der Waals surface area contributed by atoms with E-state index in [2.05, 4.69) is 22.6 Å². The van der Waals surface area contributed by atoms with Crippen LogP contribution in [0.25, 0.3) is 0 Å². The van der Waals surface area contributed by atoms with Crippen molar-refractivity contribution >= 4 is 45.4 Å². The molecule has 0 radical (unpaired) electrons. The second-order valence-corrected chi connectivity index (χ2v) is 7.78. The largest absolute Gasteiger partial charge is 0.353 e. The van der Waals surface area contributed by atoms with E-state index in [1.807, 2.05) is 12.1 Å². The molecule has 0 saturated heterocycles. The molecule has 3 heterocycles. The number of nitrogens with one attached hydrogen (secondary N) is 2. The van der Waals surface area contributed by atoms with Gasteiger partial charge in [0.25, 0.3) is 5.91 Å². The summed E-state index contributed by atoms with van der Waals surface area (Å²) in [4.78, 5) is 16.2. The number of thiophene rings is 1.